The van der Waals surface area contributed by atoms with Crippen LogP contribution in [0.1, 0.15) is 31.3 Å². The van der Waals surface area contributed by atoms with E-state index in [9.17, 15) is 4.79 Å². The predicted octanol–water partition coefficient (Wildman–Crippen LogP) is 1.54. The molecule has 64 valence electrons. The van der Waals surface area contributed by atoms with Crippen molar-refractivity contribution in [2.75, 3.05) is 0 Å². The third kappa shape index (κ3) is 1.70. The molecule has 12 heavy (non-hydrogen) atoms. The minimum Gasteiger partial charge on any atom is -0.291 e. The van der Waals surface area contributed by atoms with Crippen LogP contribution in [0.15, 0.2) is 24.4 Å². The van der Waals surface area contributed by atoms with Crippen molar-refractivity contribution in [3.05, 3.63) is 30.1 Å². The first-order valence-electron chi connectivity index (χ1n) is 4.02. The fourth-order valence-electron chi connectivity index (χ4n) is 1.16. The molecule has 1 aromatic rings. The Morgan fingerprint density at radius 3 is 2.42 bits per heavy atom. The standard InChI is InChI=1S/C10H14NO/c1-10(2,3)11-7-5-4-6-9(11)8-12/h4-8H,1-3H3/q+1. The van der Waals surface area contributed by atoms with E-state index in [0.717, 1.165) is 6.29 Å². The SMILES string of the molecule is CC(C)(C)[n+]1ccccc1C=O. The van der Waals surface area contributed by atoms with Gasteiger partial charge in [0.25, 0.3) is 0 Å². The van der Waals surface area contributed by atoms with E-state index < -0.39 is 0 Å². The first-order valence-corrected chi connectivity index (χ1v) is 4.02. The molecule has 0 fully saturated rings. The molecule has 0 aliphatic rings. The molecule has 0 bridgehead atoms. The zero-order valence-electron chi connectivity index (χ0n) is 7.74. The largest absolute Gasteiger partial charge is 0.291 e. The van der Waals surface area contributed by atoms with Gasteiger partial charge in [-0.3, -0.25) is 4.79 Å². The lowest BCUT2D eigenvalue weighted by molar-refractivity contribution is -0.755. The first kappa shape index (κ1) is 8.91. The average molecular weight is 164 g/mol. The van der Waals surface area contributed by atoms with E-state index in [2.05, 4.69) is 20.8 Å². The molecule has 0 amide bonds. The normalized spacial score (nSPS) is 11.2. The number of pyridine rings is 1. The Bertz CT molecular complexity index is 286. The van der Waals surface area contributed by atoms with E-state index in [-0.39, 0.29) is 5.54 Å². The van der Waals surface area contributed by atoms with Gasteiger partial charge in [0.05, 0.1) is 0 Å². The molecule has 0 aromatic carbocycles. The van der Waals surface area contributed by atoms with Crippen LogP contribution in [-0.4, -0.2) is 6.29 Å². The molecular weight excluding hydrogens is 150 g/mol. The molecule has 0 atom stereocenters. The third-order valence-electron chi connectivity index (χ3n) is 1.73. The molecule has 0 aliphatic heterocycles. The summed E-state index contributed by atoms with van der Waals surface area (Å²) in [5.41, 5.74) is 0.683. The van der Waals surface area contributed by atoms with Gasteiger partial charge in [0, 0.05) is 32.9 Å². The Morgan fingerprint density at radius 1 is 1.33 bits per heavy atom. The number of aromatic nitrogens is 1. The molecule has 0 aliphatic carbocycles. The van der Waals surface area contributed by atoms with Crippen molar-refractivity contribution in [1.82, 2.24) is 0 Å². The summed E-state index contributed by atoms with van der Waals surface area (Å²) in [5, 5.41) is 0. The molecule has 0 saturated heterocycles. The van der Waals surface area contributed by atoms with Gasteiger partial charge in [0.1, 0.15) is 0 Å². The molecular formula is C10H14NO+. The Hall–Kier alpha value is -1.18. The summed E-state index contributed by atoms with van der Waals surface area (Å²) in [4.78, 5) is 10.7. The molecule has 1 aromatic heterocycles. The molecule has 0 radical (unpaired) electrons. The molecule has 0 saturated carbocycles. The Kier molecular flexibility index (Phi) is 2.27. The van der Waals surface area contributed by atoms with Gasteiger partial charge in [-0.15, -0.1) is 0 Å². The maximum absolute atomic E-state index is 10.7. The molecule has 2 nitrogen and oxygen atoms in total. The van der Waals surface area contributed by atoms with E-state index in [1.165, 1.54) is 0 Å². The highest BCUT2D eigenvalue weighted by Crippen LogP contribution is 2.04. The highest BCUT2D eigenvalue weighted by Gasteiger charge is 2.24. The smallest absolute Gasteiger partial charge is 0.245 e. The summed E-state index contributed by atoms with van der Waals surface area (Å²) in [6.07, 6.45) is 2.80. The van der Waals surface area contributed by atoms with Crippen molar-refractivity contribution in [3.63, 3.8) is 0 Å². The lowest BCUT2D eigenvalue weighted by Crippen LogP contribution is -2.52. The van der Waals surface area contributed by atoms with E-state index in [0.29, 0.717) is 5.69 Å². The average Bonchev–Trinajstić information content (AvgIpc) is 2.03. The van der Waals surface area contributed by atoms with Crippen LogP contribution in [0.25, 0.3) is 0 Å². The minimum absolute atomic E-state index is 0.0303. The molecule has 0 N–H and O–H groups in total. The van der Waals surface area contributed by atoms with Gasteiger partial charge in [-0.05, 0) is 6.07 Å². The van der Waals surface area contributed by atoms with Gasteiger partial charge in [0.2, 0.25) is 12.0 Å². The number of carbonyl (C=O) groups excluding carboxylic acids is 1. The minimum atomic E-state index is -0.0303. The number of aldehydes is 1. The Labute approximate surface area is 72.8 Å². The van der Waals surface area contributed by atoms with Crippen LogP contribution < -0.4 is 4.57 Å². The molecule has 0 spiro atoms. The van der Waals surface area contributed by atoms with Gasteiger partial charge in [-0.2, -0.15) is 4.57 Å². The zero-order valence-corrected chi connectivity index (χ0v) is 7.74. The van der Waals surface area contributed by atoms with Gasteiger partial charge in [0.15, 0.2) is 11.7 Å². The second kappa shape index (κ2) is 3.05. The highest BCUT2D eigenvalue weighted by molar-refractivity contribution is 5.69. The van der Waals surface area contributed by atoms with Crippen LogP contribution >= 0.6 is 0 Å². The molecule has 1 rings (SSSR count). The quantitative estimate of drug-likeness (QED) is 0.455. The zero-order chi connectivity index (χ0) is 9.19. The Morgan fingerprint density at radius 2 is 2.00 bits per heavy atom. The fraction of sp³-hybridized carbons (Fsp3) is 0.400. The predicted molar refractivity (Wildman–Crippen MR) is 47.0 cm³/mol. The van der Waals surface area contributed by atoms with Crippen molar-refractivity contribution < 1.29 is 9.36 Å². The summed E-state index contributed by atoms with van der Waals surface area (Å²) >= 11 is 0. The first-order chi connectivity index (χ1) is 5.55. The maximum atomic E-state index is 10.7. The highest BCUT2D eigenvalue weighted by atomic mass is 16.1. The second-order valence-corrected chi connectivity index (χ2v) is 3.78. The van der Waals surface area contributed by atoms with Crippen molar-refractivity contribution >= 4 is 6.29 Å². The monoisotopic (exact) mass is 164 g/mol. The van der Waals surface area contributed by atoms with Crippen LogP contribution in [0.2, 0.25) is 0 Å². The van der Waals surface area contributed by atoms with Crippen molar-refractivity contribution in [3.8, 4) is 0 Å². The summed E-state index contributed by atoms with van der Waals surface area (Å²) in [6, 6.07) is 5.61. The number of carbonyl (C=O) groups is 1. The second-order valence-electron chi connectivity index (χ2n) is 3.78. The van der Waals surface area contributed by atoms with E-state index >= 15 is 0 Å². The summed E-state index contributed by atoms with van der Waals surface area (Å²) in [6.45, 7) is 6.21. The summed E-state index contributed by atoms with van der Waals surface area (Å²) < 4.78 is 1.96. The Balaban J connectivity index is 3.23. The number of hydrogen-bond donors (Lipinski definition) is 0. The third-order valence-corrected chi connectivity index (χ3v) is 1.73. The van der Waals surface area contributed by atoms with Gasteiger partial charge in [-0.25, -0.2) is 0 Å². The maximum Gasteiger partial charge on any atom is 0.245 e. The van der Waals surface area contributed by atoms with Gasteiger partial charge in [-0.1, -0.05) is 0 Å². The lowest BCUT2D eigenvalue weighted by Gasteiger charge is -2.13. The van der Waals surface area contributed by atoms with E-state index in [1.54, 1.807) is 0 Å². The van der Waals surface area contributed by atoms with Crippen LogP contribution in [0.5, 0.6) is 0 Å². The van der Waals surface area contributed by atoms with Crippen LogP contribution in [0.3, 0.4) is 0 Å². The van der Waals surface area contributed by atoms with Crippen LogP contribution in [0.4, 0.5) is 0 Å². The van der Waals surface area contributed by atoms with Crippen LogP contribution in [0, 0.1) is 0 Å². The fourth-order valence-corrected chi connectivity index (χ4v) is 1.16. The molecule has 1 heterocycles. The van der Waals surface area contributed by atoms with E-state index in [4.69, 9.17) is 0 Å². The van der Waals surface area contributed by atoms with Crippen molar-refractivity contribution in [2.45, 2.75) is 26.3 Å². The molecule has 2 heteroatoms. The topological polar surface area (TPSA) is 20.9 Å². The van der Waals surface area contributed by atoms with Crippen LogP contribution in [-0.2, 0) is 5.54 Å². The number of hydrogen-bond acceptors (Lipinski definition) is 1. The lowest BCUT2D eigenvalue weighted by atomic mass is 10.1. The number of rotatable bonds is 1. The van der Waals surface area contributed by atoms with Gasteiger partial charge >= 0.3 is 0 Å². The van der Waals surface area contributed by atoms with E-state index in [1.807, 2.05) is 29.0 Å². The van der Waals surface area contributed by atoms with Crippen molar-refractivity contribution in [2.24, 2.45) is 0 Å². The molecule has 0 unspecified atom stereocenters. The number of nitrogens with zero attached hydrogens (tertiary/aromatic N) is 1. The summed E-state index contributed by atoms with van der Waals surface area (Å²) in [5.74, 6) is 0. The van der Waals surface area contributed by atoms with Gasteiger partial charge < -0.3 is 0 Å². The summed E-state index contributed by atoms with van der Waals surface area (Å²) in [7, 11) is 0. The van der Waals surface area contributed by atoms with Crippen molar-refractivity contribution in [1.29, 1.82) is 0 Å².